The van der Waals surface area contributed by atoms with Crippen LogP contribution in [0.3, 0.4) is 0 Å². The molecule has 0 aromatic rings. The van der Waals surface area contributed by atoms with Gasteiger partial charge in [0.05, 0.1) is 6.61 Å². The van der Waals surface area contributed by atoms with E-state index in [1.54, 1.807) is 0 Å². The zero-order valence-electron chi connectivity index (χ0n) is 7.98. The number of primary amides is 1. The molecule has 0 bridgehead atoms. The van der Waals surface area contributed by atoms with E-state index in [4.69, 9.17) is 10.8 Å². The molecule has 80 valence electrons. The van der Waals surface area contributed by atoms with Crippen molar-refractivity contribution < 1.29 is 14.7 Å². The van der Waals surface area contributed by atoms with E-state index in [0.717, 1.165) is 0 Å². The van der Waals surface area contributed by atoms with Gasteiger partial charge >= 0.3 is 11.8 Å². The van der Waals surface area contributed by atoms with Crippen LogP contribution in [0, 0.1) is 0 Å². The number of piperazine rings is 1. The summed E-state index contributed by atoms with van der Waals surface area (Å²) in [5.74, 6) is -1.52. The van der Waals surface area contributed by atoms with E-state index in [2.05, 4.69) is 0 Å². The van der Waals surface area contributed by atoms with Crippen LogP contribution in [0.5, 0.6) is 0 Å². The number of β-amino-alcohol motifs (C(OH)–C–C–N with tert-alkyl or cyclic N) is 1. The second kappa shape index (κ2) is 4.92. The number of carbonyl (C=O) groups is 2. The van der Waals surface area contributed by atoms with Crippen molar-refractivity contribution in [3.63, 3.8) is 0 Å². The zero-order valence-corrected chi connectivity index (χ0v) is 7.98. The highest BCUT2D eigenvalue weighted by Crippen LogP contribution is 2.00. The van der Waals surface area contributed by atoms with Crippen molar-refractivity contribution in [3.8, 4) is 0 Å². The molecule has 3 N–H and O–H groups in total. The SMILES string of the molecule is NC(=O)C(=O)N1CCN(CCO)CC1. The van der Waals surface area contributed by atoms with Gasteiger partial charge in [0, 0.05) is 32.7 Å². The third-order valence-electron chi connectivity index (χ3n) is 2.29. The summed E-state index contributed by atoms with van der Waals surface area (Å²) >= 11 is 0. The molecule has 14 heavy (non-hydrogen) atoms. The van der Waals surface area contributed by atoms with Gasteiger partial charge in [0.25, 0.3) is 0 Å². The molecular weight excluding hydrogens is 186 g/mol. The Kier molecular flexibility index (Phi) is 3.84. The Labute approximate surface area is 82.3 Å². The molecule has 1 heterocycles. The maximum absolute atomic E-state index is 11.1. The second-order valence-electron chi connectivity index (χ2n) is 3.22. The summed E-state index contributed by atoms with van der Waals surface area (Å²) in [5, 5.41) is 8.69. The lowest BCUT2D eigenvalue weighted by molar-refractivity contribution is -0.145. The predicted octanol–water partition coefficient (Wildman–Crippen LogP) is -2.39. The molecule has 0 aliphatic carbocycles. The van der Waals surface area contributed by atoms with E-state index in [1.807, 2.05) is 4.90 Å². The summed E-state index contributed by atoms with van der Waals surface area (Å²) in [6, 6.07) is 0. The normalized spacial score (nSPS) is 18.2. The Bertz CT molecular complexity index is 224. The summed E-state index contributed by atoms with van der Waals surface area (Å²) in [7, 11) is 0. The van der Waals surface area contributed by atoms with Gasteiger partial charge in [-0.2, -0.15) is 0 Å². The number of hydrogen-bond acceptors (Lipinski definition) is 4. The first-order valence-electron chi connectivity index (χ1n) is 4.57. The Hall–Kier alpha value is -1.14. The minimum atomic E-state index is -0.902. The fourth-order valence-electron chi connectivity index (χ4n) is 1.47. The van der Waals surface area contributed by atoms with Gasteiger partial charge in [0.15, 0.2) is 0 Å². The van der Waals surface area contributed by atoms with Crippen molar-refractivity contribution in [1.29, 1.82) is 0 Å². The van der Waals surface area contributed by atoms with E-state index >= 15 is 0 Å². The lowest BCUT2D eigenvalue weighted by Gasteiger charge is -2.33. The molecule has 6 nitrogen and oxygen atoms in total. The molecule has 0 spiro atoms. The average molecular weight is 201 g/mol. The summed E-state index contributed by atoms with van der Waals surface area (Å²) in [4.78, 5) is 25.2. The van der Waals surface area contributed by atoms with Gasteiger partial charge < -0.3 is 15.7 Å². The lowest BCUT2D eigenvalue weighted by atomic mass is 10.3. The maximum Gasteiger partial charge on any atom is 0.311 e. The Morgan fingerprint density at radius 2 is 1.79 bits per heavy atom. The molecular formula is C8H15N3O3. The molecule has 1 fully saturated rings. The number of aliphatic hydroxyl groups is 1. The van der Waals surface area contributed by atoms with Crippen LogP contribution >= 0.6 is 0 Å². The highest BCUT2D eigenvalue weighted by atomic mass is 16.3. The minimum Gasteiger partial charge on any atom is -0.395 e. The van der Waals surface area contributed by atoms with Crippen molar-refractivity contribution in [2.45, 2.75) is 0 Å². The van der Waals surface area contributed by atoms with E-state index in [-0.39, 0.29) is 6.61 Å². The van der Waals surface area contributed by atoms with Crippen LogP contribution in [-0.4, -0.2) is 66.1 Å². The molecule has 1 aliphatic rings. The van der Waals surface area contributed by atoms with Crippen molar-refractivity contribution in [2.75, 3.05) is 39.3 Å². The van der Waals surface area contributed by atoms with Gasteiger partial charge in [-0.05, 0) is 0 Å². The van der Waals surface area contributed by atoms with Crippen molar-refractivity contribution in [1.82, 2.24) is 9.80 Å². The van der Waals surface area contributed by atoms with E-state index < -0.39 is 11.8 Å². The first-order chi connectivity index (χ1) is 6.65. The third kappa shape index (κ3) is 2.68. The summed E-state index contributed by atoms with van der Waals surface area (Å²) in [6.45, 7) is 3.09. The molecule has 0 radical (unpaired) electrons. The zero-order chi connectivity index (χ0) is 10.6. The lowest BCUT2D eigenvalue weighted by Crippen LogP contribution is -2.52. The highest BCUT2D eigenvalue weighted by Gasteiger charge is 2.23. The van der Waals surface area contributed by atoms with Crippen LogP contribution < -0.4 is 5.73 Å². The number of nitrogens with two attached hydrogens (primary N) is 1. The molecule has 0 aromatic carbocycles. The number of rotatable bonds is 2. The number of carbonyl (C=O) groups excluding carboxylic acids is 2. The number of amides is 2. The molecule has 1 aliphatic heterocycles. The van der Waals surface area contributed by atoms with E-state index in [1.165, 1.54) is 4.90 Å². The topological polar surface area (TPSA) is 86.9 Å². The van der Waals surface area contributed by atoms with Crippen LogP contribution in [0.2, 0.25) is 0 Å². The van der Waals surface area contributed by atoms with Crippen molar-refractivity contribution >= 4 is 11.8 Å². The first kappa shape index (κ1) is 10.9. The molecule has 0 unspecified atom stereocenters. The quantitative estimate of drug-likeness (QED) is 0.488. The predicted molar refractivity (Wildman–Crippen MR) is 49.3 cm³/mol. The van der Waals surface area contributed by atoms with Gasteiger partial charge in [0.1, 0.15) is 0 Å². The number of aliphatic hydroxyl groups excluding tert-OH is 1. The summed E-state index contributed by atoms with van der Waals surface area (Å²) in [6.07, 6.45) is 0. The maximum atomic E-state index is 11.1. The monoisotopic (exact) mass is 201 g/mol. The summed E-state index contributed by atoms with van der Waals surface area (Å²) < 4.78 is 0. The number of nitrogens with zero attached hydrogens (tertiary/aromatic N) is 2. The van der Waals surface area contributed by atoms with Crippen LogP contribution in [0.25, 0.3) is 0 Å². The van der Waals surface area contributed by atoms with Gasteiger partial charge in [-0.1, -0.05) is 0 Å². The van der Waals surface area contributed by atoms with Gasteiger partial charge in [-0.15, -0.1) is 0 Å². The van der Waals surface area contributed by atoms with Gasteiger partial charge in [0.2, 0.25) is 0 Å². The highest BCUT2D eigenvalue weighted by molar-refractivity contribution is 6.34. The Morgan fingerprint density at radius 1 is 1.21 bits per heavy atom. The Morgan fingerprint density at radius 3 is 2.21 bits per heavy atom. The van der Waals surface area contributed by atoms with Crippen LogP contribution in [0.1, 0.15) is 0 Å². The molecule has 1 rings (SSSR count). The molecule has 2 amide bonds. The standard InChI is InChI=1S/C8H15N3O3/c9-7(13)8(14)11-3-1-10(2-4-11)5-6-12/h12H,1-6H2,(H2,9,13). The molecule has 0 saturated carbocycles. The fourth-order valence-corrected chi connectivity index (χ4v) is 1.47. The smallest absolute Gasteiger partial charge is 0.311 e. The largest absolute Gasteiger partial charge is 0.395 e. The van der Waals surface area contributed by atoms with Crippen LogP contribution in [-0.2, 0) is 9.59 Å². The molecule has 0 atom stereocenters. The second-order valence-corrected chi connectivity index (χ2v) is 3.22. The van der Waals surface area contributed by atoms with E-state index in [0.29, 0.717) is 32.7 Å². The van der Waals surface area contributed by atoms with Crippen LogP contribution in [0.15, 0.2) is 0 Å². The number of hydrogen-bond donors (Lipinski definition) is 2. The minimum absolute atomic E-state index is 0.115. The van der Waals surface area contributed by atoms with Gasteiger partial charge in [-0.3, -0.25) is 14.5 Å². The van der Waals surface area contributed by atoms with Gasteiger partial charge in [-0.25, -0.2) is 0 Å². The summed E-state index contributed by atoms with van der Waals surface area (Å²) in [5.41, 5.74) is 4.88. The van der Waals surface area contributed by atoms with Crippen LogP contribution in [0.4, 0.5) is 0 Å². The fraction of sp³-hybridized carbons (Fsp3) is 0.750. The van der Waals surface area contributed by atoms with Crippen molar-refractivity contribution in [3.05, 3.63) is 0 Å². The average Bonchev–Trinajstić information content (AvgIpc) is 2.18. The molecule has 0 aromatic heterocycles. The molecule has 1 saturated heterocycles. The van der Waals surface area contributed by atoms with E-state index in [9.17, 15) is 9.59 Å². The van der Waals surface area contributed by atoms with Crippen molar-refractivity contribution in [2.24, 2.45) is 5.73 Å². The third-order valence-corrected chi connectivity index (χ3v) is 2.29. The molecule has 6 heteroatoms. The Balaban J connectivity index is 2.35. The first-order valence-corrected chi connectivity index (χ1v) is 4.57.